The van der Waals surface area contributed by atoms with Gasteiger partial charge in [0.2, 0.25) is 0 Å². The number of hydrogen-bond donors (Lipinski definition) is 1. The molecular weight excluding hydrogens is 276 g/mol. The van der Waals surface area contributed by atoms with Gasteiger partial charge >= 0.3 is 0 Å². The zero-order valence-electron chi connectivity index (χ0n) is 8.91. The van der Waals surface area contributed by atoms with Crippen LogP contribution in [-0.4, -0.2) is 16.1 Å². The molecule has 0 saturated heterocycles. The number of halogens is 1. The van der Waals surface area contributed by atoms with Gasteiger partial charge in [0, 0.05) is 10.9 Å². The van der Waals surface area contributed by atoms with Gasteiger partial charge < -0.3 is 0 Å². The van der Waals surface area contributed by atoms with Crippen LogP contribution in [0.25, 0.3) is 0 Å². The van der Waals surface area contributed by atoms with Gasteiger partial charge in [-0.2, -0.15) is 5.10 Å². The first-order valence-electron chi connectivity index (χ1n) is 4.80. The fraction of sp³-hybridized carbons (Fsp3) is 0. The second kappa shape index (κ2) is 5.56. The molecule has 18 heavy (non-hydrogen) atoms. The van der Waals surface area contributed by atoms with Crippen LogP contribution < -0.4 is 5.43 Å². The highest BCUT2D eigenvalue weighted by Gasteiger charge is 2.04. The number of nitrogens with zero attached hydrogens (tertiary/aromatic N) is 3. The largest absolute Gasteiger partial charge is 0.287 e. The standard InChI is InChI=1S/C10H7ClN4O2S/c11-9-3-2-8(18-9)6-13-14-10-4-1-7(5-12-10)15(16)17/h1-6H,(H,12,14)/b13-6+. The average molecular weight is 283 g/mol. The molecule has 2 aromatic rings. The van der Waals surface area contributed by atoms with Crippen LogP contribution in [0, 0.1) is 10.1 Å². The summed E-state index contributed by atoms with van der Waals surface area (Å²) in [5.41, 5.74) is 2.61. The lowest BCUT2D eigenvalue weighted by Crippen LogP contribution is -1.94. The molecule has 0 spiro atoms. The molecule has 8 heteroatoms. The fourth-order valence-electron chi connectivity index (χ4n) is 1.12. The Labute approximate surface area is 111 Å². The Morgan fingerprint density at radius 3 is 2.83 bits per heavy atom. The topological polar surface area (TPSA) is 80.4 Å². The molecule has 0 atom stereocenters. The Hall–Kier alpha value is -1.99. The number of thiophene rings is 1. The van der Waals surface area contributed by atoms with Crippen molar-refractivity contribution in [3.05, 3.63) is 49.8 Å². The maximum atomic E-state index is 10.4. The lowest BCUT2D eigenvalue weighted by molar-refractivity contribution is -0.385. The smallest absolute Gasteiger partial charge is 0.261 e. The SMILES string of the molecule is O=[N+]([O-])c1ccc(N/N=C/c2ccc(Cl)s2)nc1. The van der Waals surface area contributed by atoms with Crippen molar-refractivity contribution in [3.8, 4) is 0 Å². The van der Waals surface area contributed by atoms with Crippen molar-refractivity contribution < 1.29 is 4.92 Å². The van der Waals surface area contributed by atoms with Gasteiger partial charge in [-0.05, 0) is 18.2 Å². The molecule has 0 aliphatic rings. The van der Waals surface area contributed by atoms with Gasteiger partial charge in [0.25, 0.3) is 5.69 Å². The molecule has 2 heterocycles. The highest BCUT2D eigenvalue weighted by atomic mass is 35.5. The van der Waals surface area contributed by atoms with E-state index in [9.17, 15) is 10.1 Å². The van der Waals surface area contributed by atoms with E-state index in [-0.39, 0.29) is 5.69 Å². The molecule has 0 radical (unpaired) electrons. The van der Waals surface area contributed by atoms with E-state index in [1.54, 1.807) is 12.3 Å². The maximum absolute atomic E-state index is 10.4. The summed E-state index contributed by atoms with van der Waals surface area (Å²) < 4.78 is 0.685. The molecule has 2 aromatic heterocycles. The first-order valence-corrected chi connectivity index (χ1v) is 5.99. The summed E-state index contributed by atoms with van der Waals surface area (Å²) in [7, 11) is 0. The number of hydrogen-bond acceptors (Lipinski definition) is 6. The highest BCUT2D eigenvalue weighted by Crippen LogP contribution is 2.19. The van der Waals surface area contributed by atoms with Crippen LogP contribution in [0.5, 0.6) is 0 Å². The molecule has 0 bridgehead atoms. The van der Waals surface area contributed by atoms with Crippen molar-refractivity contribution in [2.24, 2.45) is 5.10 Å². The van der Waals surface area contributed by atoms with Gasteiger partial charge in [0.05, 0.1) is 15.5 Å². The molecule has 0 amide bonds. The molecule has 0 aliphatic carbocycles. The van der Waals surface area contributed by atoms with Gasteiger partial charge in [-0.3, -0.25) is 15.5 Å². The number of rotatable bonds is 4. The van der Waals surface area contributed by atoms with Crippen LogP contribution in [-0.2, 0) is 0 Å². The minimum absolute atomic E-state index is 0.0606. The van der Waals surface area contributed by atoms with Gasteiger partial charge in [-0.15, -0.1) is 11.3 Å². The zero-order valence-corrected chi connectivity index (χ0v) is 10.5. The van der Waals surface area contributed by atoms with Crippen LogP contribution >= 0.6 is 22.9 Å². The van der Waals surface area contributed by atoms with Crippen LogP contribution in [0.1, 0.15) is 4.88 Å². The van der Waals surface area contributed by atoms with Crippen molar-refractivity contribution in [3.63, 3.8) is 0 Å². The van der Waals surface area contributed by atoms with E-state index in [0.717, 1.165) is 4.88 Å². The average Bonchev–Trinajstić information content (AvgIpc) is 2.76. The van der Waals surface area contributed by atoms with Crippen LogP contribution in [0.4, 0.5) is 11.5 Å². The fourth-order valence-corrected chi connectivity index (χ4v) is 2.05. The quantitative estimate of drug-likeness (QED) is 0.531. The first kappa shape index (κ1) is 12.5. The van der Waals surface area contributed by atoms with Crippen LogP contribution in [0.2, 0.25) is 4.34 Å². The second-order valence-electron chi connectivity index (χ2n) is 3.17. The number of anilines is 1. The normalized spacial score (nSPS) is 10.7. The van der Waals surface area contributed by atoms with Crippen molar-refractivity contribution in [2.45, 2.75) is 0 Å². The number of hydrazone groups is 1. The molecule has 1 N–H and O–H groups in total. The van der Waals surface area contributed by atoms with Crippen LogP contribution in [0.15, 0.2) is 35.6 Å². The highest BCUT2D eigenvalue weighted by molar-refractivity contribution is 7.17. The summed E-state index contributed by atoms with van der Waals surface area (Å²) in [6.45, 7) is 0. The molecule has 2 rings (SSSR count). The maximum Gasteiger partial charge on any atom is 0.287 e. The monoisotopic (exact) mass is 282 g/mol. The van der Waals surface area contributed by atoms with E-state index in [1.165, 1.54) is 29.7 Å². The lowest BCUT2D eigenvalue weighted by atomic mass is 10.4. The third kappa shape index (κ3) is 3.25. The molecule has 0 unspecified atom stereocenters. The van der Waals surface area contributed by atoms with Crippen molar-refractivity contribution >= 4 is 40.7 Å². The minimum Gasteiger partial charge on any atom is -0.261 e. The Morgan fingerprint density at radius 1 is 1.44 bits per heavy atom. The Morgan fingerprint density at radius 2 is 2.28 bits per heavy atom. The Balaban J connectivity index is 1.98. The van der Waals surface area contributed by atoms with Crippen molar-refractivity contribution in [2.75, 3.05) is 5.43 Å². The molecular formula is C10H7ClN4O2S. The predicted molar refractivity (Wildman–Crippen MR) is 71.4 cm³/mol. The van der Waals surface area contributed by atoms with E-state index in [2.05, 4.69) is 15.5 Å². The first-order chi connectivity index (χ1) is 8.65. The predicted octanol–water partition coefficient (Wildman–Crippen LogP) is 3.15. The lowest BCUT2D eigenvalue weighted by Gasteiger charge is -1.97. The van der Waals surface area contributed by atoms with Gasteiger partial charge in [0.15, 0.2) is 0 Å². The van der Waals surface area contributed by atoms with E-state index in [1.807, 2.05) is 6.07 Å². The molecule has 6 nitrogen and oxygen atoms in total. The summed E-state index contributed by atoms with van der Waals surface area (Å²) in [5, 5.41) is 14.4. The number of nitro groups is 1. The zero-order chi connectivity index (χ0) is 13.0. The van der Waals surface area contributed by atoms with Gasteiger partial charge in [-0.1, -0.05) is 11.6 Å². The third-order valence-corrected chi connectivity index (χ3v) is 3.09. The summed E-state index contributed by atoms with van der Waals surface area (Å²) >= 11 is 7.16. The Kier molecular flexibility index (Phi) is 3.85. The summed E-state index contributed by atoms with van der Waals surface area (Å²) in [6.07, 6.45) is 2.76. The summed E-state index contributed by atoms with van der Waals surface area (Å²) in [4.78, 5) is 14.7. The van der Waals surface area contributed by atoms with Gasteiger partial charge in [0.1, 0.15) is 12.0 Å². The number of aromatic nitrogens is 1. The van der Waals surface area contributed by atoms with Crippen molar-refractivity contribution in [1.82, 2.24) is 4.98 Å². The molecule has 0 aliphatic heterocycles. The molecule has 0 fully saturated rings. The number of nitrogens with one attached hydrogen (secondary N) is 1. The molecule has 0 saturated carbocycles. The van der Waals surface area contributed by atoms with Crippen molar-refractivity contribution in [1.29, 1.82) is 0 Å². The summed E-state index contributed by atoms with van der Waals surface area (Å²) in [5.74, 6) is 0.430. The van der Waals surface area contributed by atoms with Crippen LogP contribution in [0.3, 0.4) is 0 Å². The molecule has 0 aromatic carbocycles. The third-order valence-electron chi connectivity index (χ3n) is 1.92. The van der Waals surface area contributed by atoms with E-state index >= 15 is 0 Å². The summed E-state index contributed by atoms with van der Waals surface area (Å²) in [6, 6.07) is 6.45. The van der Waals surface area contributed by atoms with Gasteiger partial charge in [-0.25, -0.2) is 4.98 Å². The second-order valence-corrected chi connectivity index (χ2v) is 4.92. The van der Waals surface area contributed by atoms with E-state index in [4.69, 9.17) is 11.6 Å². The number of pyridine rings is 1. The van der Waals surface area contributed by atoms with E-state index < -0.39 is 4.92 Å². The minimum atomic E-state index is -0.506. The van der Waals surface area contributed by atoms with E-state index in [0.29, 0.717) is 10.2 Å². The Bertz CT molecular complexity index is 582. The molecule has 92 valence electrons.